The summed E-state index contributed by atoms with van der Waals surface area (Å²) in [5.41, 5.74) is 3.96. The van der Waals surface area contributed by atoms with Crippen LogP contribution in [0.3, 0.4) is 0 Å². The largest absolute Gasteiger partial charge is 0.360 e. The molecule has 0 spiro atoms. The van der Waals surface area contributed by atoms with Crippen molar-refractivity contribution in [3.8, 4) is 6.07 Å². The number of anilines is 1. The maximum absolute atomic E-state index is 12.0. The summed E-state index contributed by atoms with van der Waals surface area (Å²) in [5, 5.41) is 14.8. The maximum atomic E-state index is 12.0. The van der Waals surface area contributed by atoms with E-state index in [1.807, 2.05) is 38.1 Å². The summed E-state index contributed by atoms with van der Waals surface area (Å²) < 4.78 is 0. The number of carbonyl (C=O) groups is 1. The normalized spacial score (nSPS) is 10.7. The number of hydrogen-bond acceptors (Lipinski definition) is 4. The van der Waals surface area contributed by atoms with Gasteiger partial charge < -0.3 is 10.6 Å². The smallest absolute Gasteiger partial charge is 0.263 e. The van der Waals surface area contributed by atoms with Crippen LogP contribution in [-0.2, 0) is 11.3 Å². The Morgan fingerprint density at radius 2 is 2.04 bits per heavy atom. The lowest BCUT2D eigenvalue weighted by molar-refractivity contribution is -0.117. The number of nitriles is 1. The number of rotatable bonds is 5. The van der Waals surface area contributed by atoms with Gasteiger partial charge in [-0.05, 0) is 48.7 Å². The Labute approximate surface area is 135 Å². The van der Waals surface area contributed by atoms with Gasteiger partial charge in [-0.3, -0.25) is 9.78 Å². The van der Waals surface area contributed by atoms with Crippen molar-refractivity contribution in [2.24, 2.45) is 0 Å². The van der Waals surface area contributed by atoms with Gasteiger partial charge in [0.1, 0.15) is 11.6 Å². The minimum absolute atomic E-state index is 0.0213. The summed E-state index contributed by atoms with van der Waals surface area (Å²) in [4.78, 5) is 16.0. The van der Waals surface area contributed by atoms with Crippen molar-refractivity contribution in [3.63, 3.8) is 0 Å². The summed E-state index contributed by atoms with van der Waals surface area (Å²) in [7, 11) is 0. The van der Waals surface area contributed by atoms with Crippen LogP contribution in [0.25, 0.3) is 0 Å². The Morgan fingerprint density at radius 1 is 1.30 bits per heavy atom. The van der Waals surface area contributed by atoms with Gasteiger partial charge in [-0.1, -0.05) is 12.1 Å². The highest BCUT2D eigenvalue weighted by Gasteiger charge is 2.08. The highest BCUT2D eigenvalue weighted by molar-refractivity contribution is 5.97. The molecule has 1 aromatic carbocycles. The fourth-order valence-electron chi connectivity index (χ4n) is 2.14. The lowest BCUT2D eigenvalue weighted by Crippen LogP contribution is -2.24. The van der Waals surface area contributed by atoms with E-state index in [0.29, 0.717) is 6.54 Å². The molecule has 0 saturated carbocycles. The van der Waals surface area contributed by atoms with Crippen molar-refractivity contribution in [2.45, 2.75) is 20.4 Å². The number of aryl methyl sites for hydroxylation is 2. The quantitative estimate of drug-likeness (QED) is 0.658. The molecule has 0 saturated heterocycles. The van der Waals surface area contributed by atoms with Crippen molar-refractivity contribution in [2.75, 3.05) is 5.32 Å². The number of hydrogen-bond donors (Lipinski definition) is 2. The van der Waals surface area contributed by atoms with Gasteiger partial charge in [0.15, 0.2) is 0 Å². The second-order valence-electron chi connectivity index (χ2n) is 5.23. The van der Waals surface area contributed by atoms with Crippen LogP contribution < -0.4 is 10.6 Å². The molecule has 5 nitrogen and oxygen atoms in total. The summed E-state index contributed by atoms with van der Waals surface area (Å²) in [5.74, 6) is -0.423. The van der Waals surface area contributed by atoms with Crippen LogP contribution in [0.1, 0.15) is 16.7 Å². The van der Waals surface area contributed by atoms with E-state index in [4.69, 9.17) is 5.26 Å². The van der Waals surface area contributed by atoms with Crippen molar-refractivity contribution < 1.29 is 4.79 Å². The Bertz CT molecular complexity index is 740. The van der Waals surface area contributed by atoms with Gasteiger partial charge in [0.25, 0.3) is 5.91 Å². The van der Waals surface area contributed by atoms with Gasteiger partial charge in [-0.15, -0.1) is 0 Å². The first kappa shape index (κ1) is 16.2. The minimum Gasteiger partial charge on any atom is -0.360 e. The van der Waals surface area contributed by atoms with E-state index in [1.54, 1.807) is 18.5 Å². The van der Waals surface area contributed by atoms with Gasteiger partial charge >= 0.3 is 0 Å². The van der Waals surface area contributed by atoms with Crippen LogP contribution >= 0.6 is 0 Å². The fourth-order valence-corrected chi connectivity index (χ4v) is 2.14. The molecule has 0 aliphatic carbocycles. The fraction of sp³-hybridized carbons (Fsp3) is 0.167. The van der Waals surface area contributed by atoms with Crippen LogP contribution in [0.2, 0.25) is 0 Å². The monoisotopic (exact) mass is 306 g/mol. The summed E-state index contributed by atoms with van der Waals surface area (Å²) in [6.07, 6.45) is 4.76. The topological polar surface area (TPSA) is 77.8 Å². The first-order chi connectivity index (χ1) is 11.1. The van der Waals surface area contributed by atoms with Crippen LogP contribution in [0.15, 0.2) is 54.5 Å². The zero-order valence-corrected chi connectivity index (χ0v) is 13.1. The second kappa shape index (κ2) is 7.76. The van der Waals surface area contributed by atoms with E-state index in [9.17, 15) is 4.79 Å². The van der Waals surface area contributed by atoms with Gasteiger partial charge in [0.05, 0.1) is 0 Å². The molecule has 1 heterocycles. The standard InChI is InChI=1S/C18H18N4O/c1-13-6-14(2)8-17(7-13)21-12-16(9-19)18(23)22-11-15-4-3-5-20-10-15/h3-8,10,12,21H,11H2,1-2H3,(H,22,23)/b16-12-. The molecule has 0 bridgehead atoms. The Balaban J connectivity index is 2.00. The minimum atomic E-state index is -0.423. The molecule has 0 atom stereocenters. The lowest BCUT2D eigenvalue weighted by Gasteiger charge is -2.06. The zero-order valence-electron chi connectivity index (χ0n) is 13.1. The van der Waals surface area contributed by atoms with Crippen LogP contribution in [-0.4, -0.2) is 10.9 Å². The molecule has 1 amide bonds. The average Bonchev–Trinajstić information content (AvgIpc) is 2.53. The van der Waals surface area contributed by atoms with Gasteiger partial charge in [0, 0.05) is 30.8 Å². The average molecular weight is 306 g/mol. The molecule has 0 aliphatic rings. The first-order valence-electron chi connectivity index (χ1n) is 7.20. The second-order valence-corrected chi connectivity index (χ2v) is 5.23. The van der Waals surface area contributed by atoms with E-state index in [2.05, 4.69) is 21.7 Å². The molecule has 2 aromatic rings. The lowest BCUT2D eigenvalue weighted by atomic mass is 10.1. The van der Waals surface area contributed by atoms with Gasteiger partial charge in [-0.25, -0.2) is 0 Å². The van der Waals surface area contributed by atoms with Crippen LogP contribution in [0, 0.1) is 25.2 Å². The van der Waals surface area contributed by atoms with E-state index >= 15 is 0 Å². The molecule has 2 rings (SSSR count). The molecule has 2 N–H and O–H groups in total. The number of pyridine rings is 1. The number of carbonyl (C=O) groups excluding carboxylic acids is 1. The van der Waals surface area contributed by atoms with Crippen molar-refractivity contribution >= 4 is 11.6 Å². The molecule has 23 heavy (non-hydrogen) atoms. The van der Waals surface area contributed by atoms with Crippen LogP contribution in [0.5, 0.6) is 0 Å². The Kier molecular flexibility index (Phi) is 5.48. The van der Waals surface area contributed by atoms with E-state index < -0.39 is 5.91 Å². The number of nitrogens with zero attached hydrogens (tertiary/aromatic N) is 2. The molecule has 0 aliphatic heterocycles. The summed E-state index contributed by atoms with van der Waals surface area (Å²) in [6, 6.07) is 11.5. The highest BCUT2D eigenvalue weighted by atomic mass is 16.1. The van der Waals surface area contributed by atoms with Crippen molar-refractivity contribution in [3.05, 3.63) is 71.2 Å². The third-order valence-corrected chi connectivity index (χ3v) is 3.15. The van der Waals surface area contributed by atoms with E-state index in [-0.39, 0.29) is 5.57 Å². The van der Waals surface area contributed by atoms with Crippen molar-refractivity contribution in [1.82, 2.24) is 10.3 Å². The number of aromatic nitrogens is 1. The molecule has 0 fully saturated rings. The third kappa shape index (κ3) is 4.97. The van der Waals surface area contributed by atoms with E-state index in [0.717, 1.165) is 22.4 Å². The summed E-state index contributed by atoms with van der Waals surface area (Å²) in [6.45, 7) is 4.32. The molecule has 1 aromatic heterocycles. The Hall–Kier alpha value is -3.13. The molecule has 5 heteroatoms. The third-order valence-electron chi connectivity index (χ3n) is 3.15. The summed E-state index contributed by atoms with van der Waals surface area (Å²) >= 11 is 0. The highest BCUT2D eigenvalue weighted by Crippen LogP contribution is 2.14. The predicted octanol–water partition coefficient (Wildman–Crippen LogP) is 2.83. The SMILES string of the molecule is Cc1cc(C)cc(N/C=C(/C#N)C(=O)NCc2cccnc2)c1. The molecule has 116 valence electrons. The first-order valence-corrected chi connectivity index (χ1v) is 7.20. The van der Waals surface area contributed by atoms with Crippen molar-refractivity contribution in [1.29, 1.82) is 5.26 Å². The zero-order chi connectivity index (χ0) is 16.7. The molecular weight excluding hydrogens is 288 g/mol. The molecule has 0 unspecified atom stereocenters. The van der Waals surface area contributed by atoms with Gasteiger partial charge in [0.2, 0.25) is 0 Å². The number of benzene rings is 1. The predicted molar refractivity (Wildman–Crippen MR) is 89.3 cm³/mol. The number of amides is 1. The van der Waals surface area contributed by atoms with E-state index in [1.165, 1.54) is 6.20 Å². The number of nitrogens with one attached hydrogen (secondary N) is 2. The van der Waals surface area contributed by atoms with Crippen LogP contribution in [0.4, 0.5) is 5.69 Å². The molecular formula is C18H18N4O. The Morgan fingerprint density at radius 3 is 2.65 bits per heavy atom. The van der Waals surface area contributed by atoms with Gasteiger partial charge in [-0.2, -0.15) is 5.26 Å². The molecule has 0 radical (unpaired) electrons. The maximum Gasteiger partial charge on any atom is 0.263 e.